The summed E-state index contributed by atoms with van der Waals surface area (Å²) in [5, 5.41) is 10.5. The zero-order chi connectivity index (χ0) is 17.2. The van der Waals surface area contributed by atoms with Crippen LogP contribution in [0.3, 0.4) is 0 Å². The van der Waals surface area contributed by atoms with Gasteiger partial charge in [-0.1, -0.05) is 6.92 Å². The molecule has 0 aromatic heterocycles. The van der Waals surface area contributed by atoms with Crippen LogP contribution >= 0.6 is 0 Å². The molecular weight excluding hydrogens is 300 g/mol. The Morgan fingerprint density at radius 3 is 2.39 bits per heavy atom. The van der Waals surface area contributed by atoms with Gasteiger partial charge >= 0.3 is 6.03 Å². The summed E-state index contributed by atoms with van der Waals surface area (Å²) >= 11 is 0. The maximum absolute atomic E-state index is 11.7. The molecule has 4 amide bonds. The smallest absolute Gasteiger partial charge is 0.319 e. The van der Waals surface area contributed by atoms with Crippen LogP contribution in [0.4, 0.5) is 16.2 Å². The summed E-state index contributed by atoms with van der Waals surface area (Å²) in [6, 6.07) is 4.51. The molecule has 4 N–H and O–H groups in total. The van der Waals surface area contributed by atoms with Crippen LogP contribution in [0.15, 0.2) is 18.2 Å². The number of rotatable bonds is 7. The minimum absolute atomic E-state index is 0.153. The average molecular weight is 322 g/mol. The minimum atomic E-state index is -0.409. The molecule has 8 nitrogen and oxygen atoms in total. The monoisotopic (exact) mass is 322 g/mol. The van der Waals surface area contributed by atoms with Crippen LogP contribution in [0, 0.1) is 0 Å². The molecule has 0 saturated heterocycles. The standard InChI is InChI=1S/C15H22N4O4/c1-4-14(21)19-12-9-11(5-6-13(12)23-3)18-15(22)17-8-7-16-10(2)20/h5-6,9H,4,7-8H2,1-3H3,(H,16,20)(H,19,21)(H2,17,18,22). The molecule has 1 aromatic rings. The van der Waals surface area contributed by atoms with Crippen LogP contribution in [-0.4, -0.2) is 38.0 Å². The second-order valence-electron chi connectivity index (χ2n) is 4.68. The highest BCUT2D eigenvalue weighted by Crippen LogP contribution is 2.27. The maximum Gasteiger partial charge on any atom is 0.319 e. The Labute approximate surface area is 135 Å². The highest BCUT2D eigenvalue weighted by molar-refractivity contribution is 5.94. The van der Waals surface area contributed by atoms with E-state index in [1.54, 1.807) is 25.1 Å². The number of nitrogens with one attached hydrogen (secondary N) is 4. The SMILES string of the molecule is CCC(=O)Nc1cc(NC(=O)NCCNC(C)=O)ccc1OC. The second-order valence-corrected chi connectivity index (χ2v) is 4.68. The summed E-state index contributed by atoms with van der Waals surface area (Å²) in [7, 11) is 1.50. The predicted molar refractivity (Wildman–Crippen MR) is 87.6 cm³/mol. The molecule has 0 aliphatic rings. The lowest BCUT2D eigenvalue weighted by atomic mass is 10.2. The Bertz CT molecular complexity index is 575. The zero-order valence-electron chi connectivity index (χ0n) is 13.5. The summed E-state index contributed by atoms with van der Waals surface area (Å²) in [5.41, 5.74) is 0.990. The minimum Gasteiger partial charge on any atom is -0.495 e. The summed E-state index contributed by atoms with van der Waals surface area (Å²) < 4.78 is 5.17. The molecule has 0 saturated carbocycles. The van der Waals surface area contributed by atoms with Crippen molar-refractivity contribution < 1.29 is 19.1 Å². The lowest BCUT2D eigenvalue weighted by molar-refractivity contribution is -0.119. The maximum atomic E-state index is 11.7. The number of hydrogen-bond acceptors (Lipinski definition) is 4. The number of urea groups is 1. The Balaban J connectivity index is 2.62. The lowest BCUT2D eigenvalue weighted by Crippen LogP contribution is -2.36. The third kappa shape index (κ3) is 6.68. The van der Waals surface area contributed by atoms with Gasteiger partial charge in [0.2, 0.25) is 11.8 Å². The quantitative estimate of drug-likeness (QED) is 0.567. The molecule has 8 heteroatoms. The molecule has 0 spiro atoms. The first-order valence-electron chi connectivity index (χ1n) is 7.23. The second kappa shape index (κ2) is 9.29. The topological polar surface area (TPSA) is 109 Å². The van der Waals surface area contributed by atoms with Crippen molar-refractivity contribution in [1.29, 1.82) is 0 Å². The normalized spacial score (nSPS) is 9.70. The van der Waals surface area contributed by atoms with E-state index in [0.29, 0.717) is 36.6 Å². The number of anilines is 2. The van der Waals surface area contributed by atoms with Crippen LogP contribution < -0.4 is 26.0 Å². The van der Waals surface area contributed by atoms with Gasteiger partial charge in [0, 0.05) is 32.1 Å². The summed E-state index contributed by atoms with van der Waals surface area (Å²) in [6.45, 7) is 3.81. The van der Waals surface area contributed by atoms with Gasteiger partial charge in [0.25, 0.3) is 0 Å². The first kappa shape index (κ1) is 18.3. The van der Waals surface area contributed by atoms with E-state index in [2.05, 4.69) is 21.3 Å². The van der Waals surface area contributed by atoms with Gasteiger partial charge in [-0.25, -0.2) is 4.79 Å². The third-order valence-electron chi connectivity index (χ3n) is 2.84. The van der Waals surface area contributed by atoms with Crippen molar-refractivity contribution in [3.63, 3.8) is 0 Å². The van der Waals surface area contributed by atoms with E-state index < -0.39 is 6.03 Å². The van der Waals surface area contributed by atoms with Gasteiger partial charge in [0.1, 0.15) is 5.75 Å². The van der Waals surface area contributed by atoms with Gasteiger partial charge in [-0.3, -0.25) is 9.59 Å². The highest BCUT2D eigenvalue weighted by Gasteiger charge is 2.09. The zero-order valence-corrected chi connectivity index (χ0v) is 13.5. The number of ether oxygens (including phenoxy) is 1. The first-order chi connectivity index (χ1) is 11.0. The largest absolute Gasteiger partial charge is 0.495 e. The van der Waals surface area contributed by atoms with Gasteiger partial charge in [-0.05, 0) is 18.2 Å². The molecule has 0 bridgehead atoms. The molecule has 0 atom stereocenters. The Hall–Kier alpha value is -2.77. The van der Waals surface area contributed by atoms with Gasteiger partial charge in [0.15, 0.2) is 0 Å². The van der Waals surface area contributed by atoms with Crippen molar-refractivity contribution >= 4 is 29.2 Å². The van der Waals surface area contributed by atoms with E-state index in [0.717, 1.165) is 0 Å². The molecule has 1 aromatic carbocycles. The Morgan fingerprint density at radius 1 is 1.09 bits per heavy atom. The number of methoxy groups -OCH3 is 1. The molecule has 0 fully saturated rings. The Morgan fingerprint density at radius 2 is 1.78 bits per heavy atom. The van der Waals surface area contributed by atoms with Gasteiger partial charge < -0.3 is 26.0 Å². The van der Waals surface area contributed by atoms with Crippen LogP contribution in [0.2, 0.25) is 0 Å². The lowest BCUT2D eigenvalue weighted by Gasteiger charge is -2.13. The van der Waals surface area contributed by atoms with E-state index in [9.17, 15) is 14.4 Å². The van der Waals surface area contributed by atoms with Crippen LogP contribution in [0.5, 0.6) is 5.75 Å². The summed E-state index contributed by atoms with van der Waals surface area (Å²) in [4.78, 5) is 34.0. The van der Waals surface area contributed by atoms with Gasteiger partial charge in [-0.2, -0.15) is 0 Å². The molecule has 0 unspecified atom stereocenters. The van der Waals surface area contributed by atoms with Crippen molar-refractivity contribution in [3.05, 3.63) is 18.2 Å². The molecule has 1 rings (SSSR count). The van der Waals surface area contributed by atoms with Gasteiger partial charge in [0.05, 0.1) is 12.8 Å². The number of carbonyl (C=O) groups excluding carboxylic acids is 3. The van der Waals surface area contributed by atoms with E-state index >= 15 is 0 Å². The average Bonchev–Trinajstić information content (AvgIpc) is 2.51. The van der Waals surface area contributed by atoms with Crippen molar-refractivity contribution in [2.75, 3.05) is 30.8 Å². The summed E-state index contributed by atoms with van der Waals surface area (Å²) in [6.07, 6.45) is 0.338. The van der Waals surface area contributed by atoms with E-state index in [1.807, 2.05) is 0 Å². The van der Waals surface area contributed by atoms with Gasteiger partial charge in [-0.15, -0.1) is 0 Å². The number of carbonyl (C=O) groups is 3. The fourth-order valence-corrected chi connectivity index (χ4v) is 1.71. The molecule has 0 aliphatic carbocycles. The summed E-state index contributed by atoms with van der Waals surface area (Å²) in [5.74, 6) is 0.197. The molecule has 126 valence electrons. The number of benzene rings is 1. The van der Waals surface area contributed by atoms with Crippen molar-refractivity contribution in [3.8, 4) is 5.75 Å². The molecule has 23 heavy (non-hydrogen) atoms. The Kier molecular flexibility index (Phi) is 7.38. The van der Waals surface area contributed by atoms with E-state index in [-0.39, 0.29) is 11.8 Å². The van der Waals surface area contributed by atoms with E-state index in [4.69, 9.17) is 4.74 Å². The van der Waals surface area contributed by atoms with Crippen LogP contribution in [0.25, 0.3) is 0 Å². The van der Waals surface area contributed by atoms with Crippen molar-refractivity contribution in [2.45, 2.75) is 20.3 Å². The van der Waals surface area contributed by atoms with E-state index in [1.165, 1.54) is 14.0 Å². The first-order valence-corrected chi connectivity index (χ1v) is 7.23. The third-order valence-corrected chi connectivity index (χ3v) is 2.84. The van der Waals surface area contributed by atoms with Crippen molar-refractivity contribution in [2.24, 2.45) is 0 Å². The molecular formula is C15H22N4O4. The fraction of sp³-hybridized carbons (Fsp3) is 0.400. The number of amides is 4. The highest BCUT2D eigenvalue weighted by atomic mass is 16.5. The van der Waals surface area contributed by atoms with Crippen LogP contribution in [-0.2, 0) is 9.59 Å². The molecule has 0 heterocycles. The molecule has 0 aliphatic heterocycles. The molecule has 0 radical (unpaired) electrons. The predicted octanol–water partition coefficient (Wildman–Crippen LogP) is 1.30. The van der Waals surface area contributed by atoms with Crippen molar-refractivity contribution in [1.82, 2.24) is 10.6 Å². The fourth-order valence-electron chi connectivity index (χ4n) is 1.71. The number of hydrogen-bond donors (Lipinski definition) is 4. The van der Waals surface area contributed by atoms with Crippen LogP contribution in [0.1, 0.15) is 20.3 Å².